The molecule has 2 nitrogen and oxygen atoms in total. The first-order valence-corrected chi connectivity index (χ1v) is 12.1. The van der Waals surface area contributed by atoms with Crippen LogP contribution >= 0.6 is 0 Å². The number of ether oxygens (including phenoxy) is 1. The van der Waals surface area contributed by atoms with Crippen LogP contribution in [-0.4, -0.2) is 5.97 Å². The highest BCUT2D eigenvalue weighted by Crippen LogP contribution is 2.33. The molecule has 4 heteroatoms. The molecule has 0 aromatic heterocycles. The lowest BCUT2D eigenvalue weighted by Gasteiger charge is -2.24. The summed E-state index contributed by atoms with van der Waals surface area (Å²) in [6, 6.07) is 0. The lowest BCUT2D eigenvalue weighted by molar-refractivity contribution is -0.145. The van der Waals surface area contributed by atoms with Gasteiger partial charge < -0.3 is 4.74 Å². The number of rotatable bonds is 12. The molecule has 1 fully saturated rings. The van der Waals surface area contributed by atoms with Crippen LogP contribution < -0.4 is 0 Å². The third-order valence-corrected chi connectivity index (χ3v) is 7.11. The van der Waals surface area contributed by atoms with Crippen molar-refractivity contribution < 1.29 is 18.3 Å². The van der Waals surface area contributed by atoms with Crippen LogP contribution in [0, 0.1) is 35.5 Å². The van der Waals surface area contributed by atoms with Crippen molar-refractivity contribution in [2.45, 2.75) is 92.9 Å². The van der Waals surface area contributed by atoms with Gasteiger partial charge in [0.2, 0.25) is 5.83 Å². The molecular formula is C27H44F2O2. The Balaban J connectivity index is 2.57. The first-order valence-electron chi connectivity index (χ1n) is 12.1. The summed E-state index contributed by atoms with van der Waals surface area (Å²) in [5.74, 6) is -1.39. The van der Waals surface area contributed by atoms with Crippen LogP contribution in [0.25, 0.3) is 0 Å². The highest BCUT2D eigenvalue weighted by molar-refractivity contribution is 5.74. The molecule has 0 aliphatic heterocycles. The van der Waals surface area contributed by atoms with E-state index < -0.39 is 23.4 Å². The van der Waals surface area contributed by atoms with E-state index in [0.29, 0.717) is 23.7 Å². The summed E-state index contributed by atoms with van der Waals surface area (Å²) in [7, 11) is 0. The van der Waals surface area contributed by atoms with E-state index in [9.17, 15) is 13.6 Å². The first kappa shape index (κ1) is 27.6. The molecule has 0 saturated heterocycles. The van der Waals surface area contributed by atoms with Crippen molar-refractivity contribution in [2.75, 3.05) is 0 Å². The Labute approximate surface area is 189 Å². The number of esters is 1. The molecule has 1 aliphatic carbocycles. The van der Waals surface area contributed by atoms with Gasteiger partial charge in [-0.25, -0.2) is 4.39 Å². The minimum absolute atomic E-state index is 0.100. The van der Waals surface area contributed by atoms with Crippen LogP contribution in [-0.2, 0) is 9.53 Å². The molecule has 0 radical (unpaired) electrons. The zero-order valence-corrected chi connectivity index (χ0v) is 20.6. The topological polar surface area (TPSA) is 26.3 Å². The van der Waals surface area contributed by atoms with Gasteiger partial charge in [-0.2, -0.15) is 4.39 Å². The van der Waals surface area contributed by atoms with E-state index in [2.05, 4.69) is 47.8 Å². The molecule has 0 spiro atoms. The fourth-order valence-electron chi connectivity index (χ4n) is 4.08. The van der Waals surface area contributed by atoms with Gasteiger partial charge in [0.15, 0.2) is 11.6 Å². The number of halogens is 2. The number of carbonyl (C=O) groups is 1. The number of hydrogen-bond acceptors (Lipinski definition) is 2. The van der Waals surface area contributed by atoms with Crippen molar-refractivity contribution in [1.29, 1.82) is 0 Å². The van der Waals surface area contributed by atoms with Crippen molar-refractivity contribution in [3.05, 3.63) is 36.1 Å². The summed E-state index contributed by atoms with van der Waals surface area (Å²) in [6.07, 6.45) is 7.39. The molecule has 3 atom stereocenters. The maximum absolute atomic E-state index is 14.7. The van der Waals surface area contributed by atoms with Crippen LogP contribution in [0.5, 0.6) is 0 Å². The Morgan fingerprint density at radius 3 is 1.90 bits per heavy atom. The van der Waals surface area contributed by atoms with E-state index in [0.717, 1.165) is 38.5 Å². The van der Waals surface area contributed by atoms with Crippen molar-refractivity contribution >= 4 is 5.97 Å². The Kier molecular flexibility index (Phi) is 11.7. The molecule has 0 heterocycles. The van der Waals surface area contributed by atoms with E-state index in [4.69, 9.17) is 4.74 Å². The predicted octanol–water partition coefficient (Wildman–Crippen LogP) is 8.70. The molecule has 178 valence electrons. The van der Waals surface area contributed by atoms with Gasteiger partial charge in [0.25, 0.3) is 0 Å². The van der Waals surface area contributed by atoms with E-state index in [1.807, 2.05) is 6.92 Å². The summed E-state index contributed by atoms with van der Waals surface area (Å²) >= 11 is 0. The minimum atomic E-state index is -1.22. The van der Waals surface area contributed by atoms with Gasteiger partial charge in [-0.3, -0.25) is 4.79 Å². The average Bonchev–Trinajstić information content (AvgIpc) is 2.73. The van der Waals surface area contributed by atoms with E-state index in [1.165, 1.54) is 12.8 Å². The van der Waals surface area contributed by atoms with Crippen molar-refractivity contribution in [2.24, 2.45) is 35.5 Å². The van der Waals surface area contributed by atoms with Crippen molar-refractivity contribution in [3.63, 3.8) is 0 Å². The Morgan fingerprint density at radius 1 is 0.871 bits per heavy atom. The summed E-state index contributed by atoms with van der Waals surface area (Å²) in [5, 5.41) is 0. The van der Waals surface area contributed by atoms with Crippen LogP contribution in [0.3, 0.4) is 0 Å². The highest BCUT2D eigenvalue weighted by atomic mass is 19.2. The van der Waals surface area contributed by atoms with Crippen LogP contribution in [0.2, 0.25) is 0 Å². The Morgan fingerprint density at radius 2 is 1.39 bits per heavy atom. The summed E-state index contributed by atoms with van der Waals surface area (Å²) in [6.45, 7) is 20.2. The SMILES string of the molecule is C=C(OC(=O)C1CCC(C)CC1)/C(F)=C(/F)C(=C)C(C)CCC(C)C(C)CCC(C)C. The number of hydrogen-bond donors (Lipinski definition) is 0. The molecule has 1 rings (SSSR count). The van der Waals surface area contributed by atoms with E-state index in [-0.39, 0.29) is 17.4 Å². The molecule has 0 N–H and O–H groups in total. The molecule has 0 aromatic rings. The van der Waals surface area contributed by atoms with Gasteiger partial charge in [-0.1, -0.05) is 67.5 Å². The van der Waals surface area contributed by atoms with E-state index >= 15 is 0 Å². The molecule has 1 aliphatic rings. The Hall–Kier alpha value is -1.45. The predicted molar refractivity (Wildman–Crippen MR) is 126 cm³/mol. The highest BCUT2D eigenvalue weighted by Gasteiger charge is 2.28. The quantitative estimate of drug-likeness (QED) is 0.173. The van der Waals surface area contributed by atoms with Crippen LogP contribution in [0.15, 0.2) is 36.1 Å². The number of carbonyl (C=O) groups excluding carboxylic acids is 1. The third-order valence-electron chi connectivity index (χ3n) is 7.11. The smallest absolute Gasteiger partial charge is 0.314 e. The monoisotopic (exact) mass is 438 g/mol. The fraction of sp³-hybridized carbons (Fsp3) is 0.741. The lowest BCUT2D eigenvalue weighted by Crippen LogP contribution is -2.22. The second kappa shape index (κ2) is 13.2. The zero-order valence-electron chi connectivity index (χ0n) is 20.6. The third kappa shape index (κ3) is 9.29. The van der Waals surface area contributed by atoms with Gasteiger partial charge in [0.05, 0.1) is 5.92 Å². The molecule has 0 bridgehead atoms. The maximum atomic E-state index is 14.7. The normalized spacial score (nSPS) is 23.0. The Bertz CT molecular complexity index is 642. The van der Waals surface area contributed by atoms with E-state index in [1.54, 1.807) is 0 Å². The summed E-state index contributed by atoms with van der Waals surface area (Å²) < 4.78 is 34.3. The molecule has 3 unspecified atom stereocenters. The fourth-order valence-corrected chi connectivity index (χ4v) is 4.08. The molecule has 31 heavy (non-hydrogen) atoms. The van der Waals surface area contributed by atoms with Gasteiger partial charge in [-0.15, -0.1) is 0 Å². The second-order valence-corrected chi connectivity index (χ2v) is 10.4. The molecule has 1 saturated carbocycles. The van der Waals surface area contributed by atoms with Gasteiger partial charge in [0.1, 0.15) is 0 Å². The maximum Gasteiger partial charge on any atom is 0.314 e. The van der Waals surface area contributed by atoms with Gasteiger partial charge in [0, 0.05) is 0 Å². The second-order valence-electron chi connectivity index (χ2n) is 10.4. The van der Waals surface area contributed by atoms with Crippen LogP contribution in [0.4, 0.5) is 8.78 Å². The lowest BCUT2D eigenvalue weighted by atomic mass is 9.83. The van der Waals surface area contributed by atoms with Crippen molar-refractivity contribution in [1.82, 2.24) is 0 Å². The minimum Gasteiger partial charge on any atom is -0.424 e. The van der Waals surface area contributed by atoms with Crippen molar-refractivity contribution in [3.8, 4) is 0 Å². The summed E-state index contributed by atoms with van der Waals surface area (Å²) in [5.41, 5.74) is 0.100. The van der Waals surface area contributed by atoms with Crippen LogP contribution in [0.1, 0.15) is 92.9 Å². The molecular weight excluding hydrogens is 394 g/mol. The molecule has 0 aromatic carbocycles. The standard InChI is InChI=1S/C27H44F2O2/c1-17(2)9-12-19(4)20(5)13-14-21(6)22(7)25(28)26(29)23(8)31-27(30)24-15-10-18(3)11-16-24/h17-21,24H,7-16H2,1-6H3/b26-25-. The van der Waals surface area contributed by atoms with Gasteiger partial charge >= 0.3 is 5.97 Å². The van der Waals surface area contributed by atoms with Gasteiger partial charge in [-0.05, 0) is 73.7 Å². The zero-order chi connectivity index (χ0) is 23.7. The molecule has 0 amide bonds. The number of allylic oxidation sites excluding steroid dienone is 3. The average molecular weight is 439 g/mol. The first-order chi connectivity index (χ1) is 14.4. The summed E-state index contributed by atoms with van der Waals surface area (Å²) in [4.78, 5) is 12.3. The largest absolute Gasteiger partial charge is 0.424 e.